The number of benzene rings is 1. The third-order valence-electron chi connectivity index (χ3n) is 4.13. The lowest BCUT2D eigenvalue weighted by Crippen LogP contribution is -2.33. The maximum atomic E-state index is 6.56. The van der Waals surface area contributed by atoms with Crippen LogP contribution in [-0.2, 0) is 5.54 Å². The molecule has 1 aliphatic rings. The van der Waals surface area contributed by atoms with E-state index in [0.717, 1.165) is 37.5 Å². The van der Waals surface area contributed by atoms with Gasteiger partial charge in [-0.3, -0.25) is 0 Å². The van der Waals surface area contributed by atoms with Crippen molar-refractivity contribution in [3.8, 4) is 5.75 Å². The smallest absolute Gasteiger partial charge is 0.119 e. The first-order valence-corrected chi connectivity index (χ1v) is 7.20. The van der Waals surface area contributed by atoms with E-state index in [1.807, 2.05) is 0 Å². The van der Waals surface area contributed by atoms with Gasteiger partial charge in [0.2, 0.25) is 0 Å². The summed E-state index contributed by atoms with van der Waals surface area (Å²) in [7, 11) is 0. The molecule has 1 fully saturated rings. The molecule has 0 aromatic heterocycles. The fourth-order valence-corrected chi connectivity index (χ4v) is 2.89. The Morgan fingerprint density at radius 3 is 2.56 bits per heavy atom. The standard InChI is InChI=1S/C16H25NO/c1-3-11-18-15-7-5-14(6-8-15)16(17)10-9-13(4-2)12-16/h5-8,13H,3-4,9-12,17H2,1-2H3. The van der Waals surface area contributed by atoms with Crippen molar-refractivity contribution < 1.29 is 4.74 Å². The zero-order valence-corrected chi connectivity index (χ0v) is 11.6. The van der Waals surface area contributed by atoms with Gasteiger partial charge in [-0.15, -0.1) is 0 Å². The molecule has 0 radical (unpaired) electrons. The molecule has 0 saturated heterocycles. The Bertz CT molecular complexity index is 373. The molecule has 1 aliphatic carbocycles. The first-order valence-electron chi connectivity index (χ1n) is 7.20. The fraction of sp³-hybridized carbons (Fsp3) is 0.625. The monoisotopic (exact) mass is 247 g/mol. The summed E-state index contributed by atoms with van der Waals surface area (Å²) < 4.78 is 5.61. The predicted molar refractivity (Wildman–Crippen MR) is 75.7 cm³/mol. The van der Waals surface area contributed by atoms with Crippen LogP contribution in [0.2, 0.25) is 0 Å². The van der Waals surface area contributed by atoms with Crippen LogP contribution in [0.3, 0.4) is 0 Å². The molecule has 0 aliphatic heterocycles. The minimum absolute atomic E-state index is 0.107. The van der Waals surface area contributed by atoms with Gasteiger partial charge in [0.25, 0.3) is 0 Å². The summed E-state index contributed by atoms with van der Waals surface area (Å²) in [6, 6.07) is 8.39. The van der Waals surface area contributed by atoms with Crippen molar-refractivity contribution in [1.29, 1.82) is 0 Å². The number of nitrogens with two attached hydrogens (primary N) is 1. The molecule has 1 saturated carbocycles. The van der Waals surface area contributed by atoms with E-state index in [4.69, 9.17) is 10.5 Å². The molecule has 2 N–H and O–H groups in total. The molecule has 2 nitrogen and oxygen atoms in total. The van der Waals surface area contributed by atoms with Crippen molar-refractivity contribution in [2.75, 3.05) is 6.61 Å². The fourth-order valence-electron chi connectivity index (χ4n) is 2.89. The highest BCUT2D eigenvalue weighted by molar-refractivity contribution is 5.32. The lowest BCUT2D eigenvalue weighted by atomic mass is 9.88. The van der Waals surface area contributed by atoms with Crippen molar-refractivity contribution >= 4 is 0 Å². The Morgan fingerprint density at radius 2 is 2.00 bits per heavy atom. The van der Waals surface area contributed by atoms with Gasteiger partial charge < -0.3 is 10.5 Å². The van der Waals surface area contributed by atoms with E-state index in [-0.39, 0.29) is 5.54 Å². The van der Waals surface area contributed by atoms with Crippen molar-refractivity contribution in [2.24, 2.45) is 11.7 Å². The van der Waals surface area contributed by atoms with Gasteiger partial charge in [0.05, 0.1) is 6.61 Å². The van der Waals surface area contributed by atoms with Crippen LogP contribution in [0, 0.1) is 5.92 Å². The van der Waals surface area contributed by atoms with Crippen LogP contribution in [0.4, 0.5) is 0 Å². The molecule has 1 aromatic carbocycles. The Kier molecular flexibility index (Phi) is 4.28. The van der Waals surface area contributed by atoms with Crippen LogP contribution in [0.15, 0.2) is 24.3 Å². The number of ether oxygens (including phenoxy) is 1. The second-order valence-corrected chi connectivity index (χ2v) is 5.55. The van der Waals surface area contributed by atoms with Gasteiger partial charge >= 0.3 is 0 Å². The zero-order chi connectivity index (χ0) is 13.0. The summed E-state index contributed by atoms with van der Waals surface area (Å²) >= 11 is 0. The first kappa shape index (κ1) is 13.4. The van der Waals surface area contributed by atoms with Gasteiger partial charge in [0.1, 0.15) is 5.75 Å². The molecule has 100 valence electrons. The van der Waals surface area contributed by atoms with E-state index >= 15 is 0 Å². The average molecular weight is 247 g/mol. The summed E-state index contributed by atoms with van der Waals surface area (Å²) in [5, 5.41) is 0. The van der Waals surface area contributed by atoms with E-state index in [0.29, 0.717) is 0 Å². The van der Waals surface area contributed by atoms with Crippen LogP contribution < -0.4 is 10.5 Å². The van der Waals surface area contributed by atoms with Gasteiger partial charge in [-0.2, -0.15) is 0 Å². The molecule has 0 heterocycles. The number of hydrogen-bond donors (Lipinski definition) is 1. The molecule has 2 atom stereocenters. The summed E-state index contributed by atoms with van der Waals surface area (Å²) in [6.07, 6.45) is 5.79. The van der Waals surface area contributed by atoms with Crippen LogP contribution >= 0.6 is 0 Å². The molecule has 1 aromatic rings. The third kappa shape index (κ3) is 2.86. The third-order valence-corrected chi connectivity index (χ3v) is 4.13. The lowest BCUT2D eigenvalue weighted by molar-refractivity contribution is 0.317. The second-order valence-electron chi connectivity index (χ2n) is 5.55. The van der Waals surface area contributed by atoms with Crippen molar-refractivity contribution in [3.63, 3.8) is 0 Å². The number of rotatable bonds is 5. The second kappa shape index (κ2) is 5.75. The topological polar surface area (TPSA) is 35.2 Å². The van der Waals surface area contributed by atoms with Crippen molar-refractivity contribution in [2.45, 2.75) is 51.5 Å². The minimum Gasteiger partial charge on any atom is -0.494 e. The molecule has 18 heavy (non-hydrogen) atoms. The van der Waals surface area contributed by atoms with E-state index in [9.17, 15) is 0 Å². The van der Waals surface area contributed by atoms with Crippen LogP contribution in [0.1, 0.15) is 51.5 Å². The molecular formula is C16H25NO. The molecule has 2 rings (SSSR count). The van der Waals surface area contributed by atoms with Gasteiger partial charge in [0, 0.05) is 5.54 Å². The van der Waals surface area contributed by atoms with E-state index in [2.05, 4.69) is 38.1 Å². The normalized spacial score (nSPS) is 27.4. The predicted octanol–water partition coefficient (Wildman–Crippen LogP) is 3.84. The van der Waals surface area contributed by atoms with Crippen molar-refractivity contribution in [1.82, 2.24) is 0 Å². The van der Waals surface area contributed by atoms with Gasteiger partial charge in [-0.1, -0.05) is 32.4 Å². The van der Waals surface area contributed by atoms with Gasteiger partial charge in [-0.25, -0.2) is 0 Å². The van der Waals surface area contributed by atoms with Gasteiger partial charge in [-0.05, 0) is 49.3 Å². The average Bonchev–Trinajstić information content (AvgIpc) is 2.80. The molecule has 2 heteroatoms. The van der Waals surface area contributed by atoms with Crippen molar-refractivity contribution in [3.05, 3.63) is 29.8 Å². The molecule has 0 amide bonds. The van der Waals surface area contributed by atoms with Crippen LogP contribution in [0.5, 0.6) is 5.75 Å². The first-order chi connectivity index (χ1) is 8.68. The maximum Gasteiger partial charge on any atom is 0.119 e. The minimum atomic E-state index is -0.107. The largest absolute Gasteiger partial charge is 0.494 e. The summed E-state index contributed by atoms with van der Waals surface area (Å²) in [6.45, 7) is 5.16. The summed E-state index contributed by atoms with van der Waals surface area (Å²) in [5.74, 6) is 1.75. The van der Waals surface area contributed by atoms with E-state index in [1.165, 1.54) is 18.4 Å². The Hall–Kier alpha value is -1.02. The number of hydrogen-bond acceptors (Lipinski definition) is 2. The van der Waals surface area contributed by atoms with E-state index in [1.54, 1.807) is 0 Å². The Balaban J connectivity index is 2.05. The maximum absolute atomic E-state index is 6.56. The molecule has 0 spiro atoms. The van der Waals surface area contributed by atoms with Gasteiger partial charge in [0.15, 0.2) is 0 Å². The Labute approximate surface area is 111 Å². The SMILES string of the molecule is CCCOc1ccc(C2(N)CCC(CC)C2)cc1. The zero-order valence-electron chi connectivity index (χ0n) is 11.6. The summed E-state index contributed by atoms with van der Waals surface area (Å²) in [4.78, 5) is 0. The summed E-state index contributed by atoms with van der Waals surface area (Å²) in [5.41, 5.74) is 7.71. The highest BCUT2D eigenvalue weighted by Gasteiger charge is 2.36. The molecular weight excluding hydrogens is 222 g/mol. The lowest BCUT2D eigenvalue weighted by Gasteiger charge is -2.25. The van der Waals surface area contributed by atoms with E-state index < -0.39 is 0 Å². The molecule has 2 unspecified atom stereocenters. The Morgan fingerprint density at radius 1 is 1.28 bits per heavy atom. The highest BCUT2D eigenvalue weighted by atomic mass is 16.5. The molecule has 0 bridgehead atoms. The highest BCUT2D eigenvalue weighted by Crippen LogP contribution is 2.41. The quantitative estimate of drug-likeness (QED) is 0.858. The van der Waals surface area contributed by atoms with Crippen LogP contribution in [-0.4, -0.2) is 6.61 Å². The van der Waals surface area contributed by atoms with Crippen LogP contribution in [0.25, 0.3) is 0 Å².